The summed E-state index contributed by atoms with van der Waals surface area (Å²) in [4.78, 5) is 0.279. The van der Waals surface area contributed by atoms with Crippen LogP contribution in [0.1, 0.15) is 43.7 Å². The molecule has 0 atom stereocenters. The average Bonchev–Trinajstić information content (AvgIpc) is 2.33. The maximum atomic E-state index is 12.3. The third-order valence-corrected chi connectivity index (χ3v) is 5.62. The molecule has 0 heterocycles. The van der Waals surface area contributed by atoms with Crippen molar-refractivity contribution in [1.29, 1.82) is 0 Å². The van der Waals surface area contributed by atoms with E-state index in [-0.39, 0.29) is 16.3 Å². The topological polar surface area (TPSA) is 72.2 Å². The molecule has 0 amide bonds. The molecule has 0 spiro atoms. The molecule has 0 radical (unpaired) electrons. The van der Waals surface area contributed by atoms with Crippen LogP contribution in [-0.2, 0) is 15.8 Å². The molecule has 1 fully saturated rings. The largest absolute Gasteiger partial charge is 0.389 e. The number of nitrogens with two attached hydrogens (primary N) is 1. The smallest absolute Gasteiger partial charge is 0.216 e. The number of nitrogens with one attached hydrogen (secondary N) is 1. The predicted molar refractivity (Wildman–Crippen MR) is 85.0 cm³/mol. The van der Waals surface area contributed by atoms with Crippen molar-refractivity contribution in [2.24, 2.45) is 5.73 Å². The zero-order valence-electron chi connectivity index (χ0n) is 11.6. The highest BCUT2D eigenvalue weighted by Crippen LogP contribution is 2.35. The van der Waals surface area contributed by atoms with Gasteiger partial charge in [-0.25, -0.2) is 13.1 Å². The molecule has 0 aromatic heterocycles. The summed E-state index contributed by atoms with van der Waals surface area (Å²) in [6.45, 7) is 2.02. The Kier molecular flexibility index (Phi) is 4.46. The van der Waals surface area contributed by atoms with Crippen LogP contribution in [0, 0.1) is 0 Å². The number of rotatable bonds is 6. The summed E-state index contributed by atoms with van der Waals surface area (Å²) < 4.78 is 27.4. The molecule has 1 aliphatic carbocycles. The molecule has 3 N–H and O–H groups in total. The van der Waals surface area contributed by atoms with Crippen LogP contribution in [0.4, 0.5) is 0 Å². The number of hydrogen-bond acceptors (Lipinski definition) is 3. The SMILES string of the molecule is CCC1(NS(=O)(=O)Cc2cccc(C(N)=S)c2)CCC1. The van der Waals surface area contributed by atoms with E-state index in [0.29, 0.717) is 11.1 Å². The van der Waals surface area contributed by atoms with Crippen LogP contribution in [0.5, 0.6) is 0 Å². The molecule has 0 aliphatic heterocycles. The van der Waals surface area contributed by atoms with Crippen molar-refractivity contribution in [2.45, 2.75) is 43.9 Å². The third-order valence-electron chi connectivity index (χ3n) is 3.93. The Balaban J connectivity index is 2.12. The van der Waals surface area contributed by atoms with Gasteiger partial charge in [0.05, 0.1) is 5.75 Å². The zero-order chi connectivity index (χ0) is 14.8. The van der Waals surface area contributed by atoms with E-state index in [2.05, 4.69) is 4.72 Å². The average molecular weight is 312 g/mol. The van der Waals surface area contributed by atoms with Crippen molar-refractivity contribution in [3.05, 3.63) is 35.4 Å². The number of benzene rings is 1. The fourth-order valence-corrected chi connectivity index (χ4v) is 4.36. The summed E-state index contributed by atoms with van der Waals surface area (Å²) in [6.07, 6.45) is 3.78. The minimum atomic E-state index is -3.34. The molecule has 0 saturated heterocycles. The van der Waals surface area contributed by atoms with Gasteiger partial charge < -0.3 is 5.73 Å². The number of hydrogen-bond donors (Lipinski definition) is 2. The Morgan fingerprint density at radius 3 is 2.65 bits per heavy atom. The molecule has 1 aromatic rings. The lowest BCUT2D eigenvalue weighted by Gasteiger charge is -2.41. The second-order valence-electron chi connectivity index (χ2n) is 5.41. The second-order valence-corrected chi connectivity index (χ2v) is 7.58. The van der Waals surface area contributed by atoms with Crippen molar-refractivity contribution in [3.63, 3.8) is 0 Å². The zero-order valence-corrected chi connectivity index (χ0v) is 13.2. The molecule has 1 saturated carbocycles. The molecule has 6 heteroatoms. The summed E-state index contributed by atoms with van der Waals surface area (Å²) in [6, 6.07) is 7.07. The van der Waals surface area contributed by atoms with Gasteiger partial charge in [-0.15, -0.1) is 0 Å². The van der Waals surface area contributed by atoms with Crippen molar-refractivity contribution in [2.75, 3.05) is 0 Å². The van der Waals surface area contributed by atoms with Crippen molar-refractivity contribution >= 4 is 27.2 Å². The number of sulfonamides is 1. The van der Waals surface area contributed by atoms with Gasteiger partial charge in [0.2, 0.25) is 10.0 Å². The lowest BCUT2D eigenvalue weighted by atomic mass is 9.76. The molecule has 2 rings (SSSR count). The number of thiocarbonyl (C=S) groups is 1. The van der Waals surface area contributed by atoms with Gasteiger partial charge in [0.15, 0.2) is 0 Å². The van der Waals surface area contributed by atoms with E-state index < -0.39 is 10.0 Å². The highest BCUT2D eigenvalue weighted by Gasteiger charge is 2.38. The van der Waals surface area contributed by atoms with E-state index in [9.17, 15) is 8.42 Å². The normalized spacial score (nSPS) is 17.4. The van der Waals surface area contributed by atoms with Gasteiger partial charge in [-0.2, -0.15) is 0 Å². The lowest BCUT2D eigenvalue weighted by molar-refractivity contribution is 0.213. The van der Waals surface area contributed by atoms with Gasteiger partial charge in [-0.3, -0.25) is 0 Å². The Morgan fingerprint density at radius 2 is 2.15 bits per heavy atom. The third kappa shape index (κ3) is 3.56. The highest BCUT2D eigenvalue weighted by atomic mass is 32.2. The monoisotopic (exact) mass is 312 g/mol. The molecule has 20 heavy (non-hydrogen) atoms. The predicted octanol–water partition coefficient (Wildman–Crippen LogP) is 2.07. The minimum Gasteiger partial charge on any atom is -0.389 e. The molecule has 1 aliphatic rings. The van der Waals surface area contributed by atoms with E-state index >= 15 is 0 Å². The van der Waals surface area contributed by atoms with Crippen LogP contribution < -0.4 is 10.5 Å². The Labute approximate surface area is 125 Å². The van der Waals surface area contributed by atoms with Crippen molar-refractivity contribution in [1.82, 2.24) is 4.72 Å². The van der Waals surface area contributed by atoms with Crippen molar-refractivity contribution in [3.8, 4) is 0 Å². The summed E-state index contributed by atoms with van der Waals surface area (Å²) in [5.41, 5.74) is 6.74. The molecular formula is C14H20N2O2S2. The van der Waals surface area contributed by atoms with Gasteiger partial charge in [-0.1, -0.05) is 37.3 Å². The summed E-state index contributed by atoms with van der Waals surface area (Å²) >= 11 is 4.91. The van der Waals surface area contributed by atoms with Crippen LogP contribution in [-0.4, -0.2) is 18.9 Å². The van der Waals surface area contributed by atoms with Gasteiger partial charge in [0.25, 0.3) is 0 Å². The van der Waals surface area contributed by atoms with Crippen LogP contribution >= 0.6 is 12.2 Å². The standard InChI is InChI=1S/C14H20N2O2S2/c1-2-14(7-4-8-14)16-20(17,18)10-11-5-3-6-12(9-11)13(15)19/h3,5-6,9,16H,2,4,7-8,10H2,1H3,(H2,15,19). The van der Waals surface area contributed by atoms with Gasteiger partial charge >= 0.3 is 0 Å². The summed E-state index contributed by atoms with van der Waals surface area (Å²) in [7, 11) is -3.34. The first-order valence-electron chi connectivity index (χ1n) is 6.76. The molecule has 110 valence electrons. The molecule has 4 nitrogen and oxygen atoms in total. The van der Waals surface area contributed by atoms with Crippen LogP contribution in [0.15, 0.2) is 24.3 Å². The molecule has 0 bridgehead atoms. The van der Waals surface area contributed by atoms with E-state index in [1.54, 1.807) is 24.3 Å². The van der Waals surface area contributed by atoms with Crippen LogP contribution in [0.2, 0.25) is 0 Å². The van der Waals surface area contributed by atoms with E-state index in [0.717, 1.165) is 25.7 Å². The van der Waals surface area contributed by atoms with Gasteiger partial charge in [-0.05, 0) is 37.3 Å². The van der Waals surface area contributed by atoms with Crippen LogP contribution in [0.25, 0.3) is 0 Å². The van der Waals surface area contributed by atoms with E-state index in [1.807, 2.05) is 6.92 Å². The summed E-state index contributed by atoms with van der Waals surface area (Å²) in [5, 5.41) is 0. The van der Waals surface area contributed by atoms with Gasteiger partial charge in [0.1, 0.15) is 4.99 Å². The lowest BCUT2D eigenvalue weighted by Crippen LogP contribution is -2.53. The van der Waals surface area contributed by atoms with Gasteiger partial charge in [0, 0.05) is 11.1 Å². The molecule has 1 aromatic carbocycles. The first kappa shape index (κ1) is 15.4. The fraction of sp³-hybridized carbons (Fsp3) is 0.500. The first-order chi connectivity index (χ1) is 9.36. The Hall–Kier alpha value is -0.980. The Bertz CT molecular complexity index is 602. The maximum absolute atomic E-state index is 12.3. The highest BCUT2D eigenvalue weighted by molar-refractivity contribution is 7.88. The molecular weight excluding hydrogens is 292 g/mol. The first-order valence-corrected chi connectivity index (χ1v) is 8.82. The van der Waals surface area contributed by atoms with Crippen LogP contribution in [0.3, 0.4) is 0 Å². The Morgan fingerprint density at radius 1 is 1.45 bits per heavy atom. The quantitative estimate of drug-likeness (QED) is 0.789. The van der Waals surface area contributed by atoms with E-state index in [1.165, 1.54) is 0 Å². The maximum Gasteiger partial charge on any atom is 0.216 e. The summed E-state index contributed by atoms with van der Waals surface area (Å²) in [5.74, 6) is -0.0365. The van der Waals surface area contributed by atoms with E-state index in [4.69, 9.17) is 18.0 Å². The second kappa shape index (κ2) is 5.79. The fourth-order valence-electron chi connectivity index (χ4n) is 2.53. The van der Waals surface area contributed by atoms with Crippen molar-refractivity contribution < 1.29 is 8.42 Å². The molecule has 0 unspecified atom stereocenters. The minimum absolute atomic E-state index is 0.0365.